The Hall–Kier alpha value is -7.62. The van der Waals surface area contributed by atoms with Gasteiger partial charge >= 0.3 is 0 Å². The van der Waals surface area contributed by atoms with Crippen molar-refractivity contribution in [1.29, 1.82) is 0 Å². The van der Waals surface area contributed by atoms with Gasteiger partial charge in [0.25, 0.3) is 0 Å². The molecule has 0 saturated carbocycles. The molecule has 135 heavy (non-hydrogen) atoms. The minimum Gasteiger partial charge on any atom is -0.140 e. The van der Waals surface area contributed by atoms with Crippen molar-refractivity contribution in [2.45, 2.75) is 237 Å². The lowest BCUT2D eigenvalue weighted by atomic mass is 9.88. The third kappa shape index (κ3) is 17.5. The predicted octanol–water partition coefficient (Wildman–Crippen LogP) is 46.0. The Morgan fingerprint density at radius 1 is 0.193 bits per heavy atom. The van der Waals surface area contributed by atoms with E-state index in [-0.39, 0.29) is 0 Å². The Morgan fingerprint density at radius 2 is 0.467 bits per heavy atom. The first-order valence-electron chi connectivity index (χ1n) is 49.2. The van der Waals surface area contributed by atoms with Crippen LogP contribution in [0.4, 0.5) is 0 Å². The average molecular weight is 2040 g/mol. The quantitative estimate of drug-likeness (QED) is 0.0560. The standard InChI is InChI=1S/C120H114S15/c1-15-20-25-30-72-55-79-81-58-75(33-28-23-18-4)112(118-83(81)54-69(12)122-118)111-67(10)53-77(65(6)7)84-60-109(133-117(84)111)104-51-47-99(129-104)95-43-39-91(125-95)89-37-42-94(123-89)98-46-50-103(128-98)108-63-87-80(56-73(31-26-21-16-2)71(14)116(87)132-108)82-59-76(34-29-24-19-5)114(120-88(82)64-106(134-120)101-36-35-68(11)121-101)113-74(32-27-22-17-3)57-78(66(8)9)85-61-110(135-119(85)113)105-52-48-100(130-105)96-44-40-92(126-96)90-38-41-93(124-90)97-45-49-102(127-97)107-62-86(79)115(131-107)70(72)13/h35-66H,15-34H2,1-14H3. The number of aryl methyl sites for hydroxylation is 10. The van der Waals surface area contributed by atoms with E-state index in [0.717, 1.165) is 44.9 Å². The fourth-order valence-electron chi connectivity index (χ4n) is 20.9. The van der Waals surface area contributed by atoms with Crippen molar-refractivity contribution in [2.75, 3.05) is 0 Å². The highest BCUT2D eigenvalue weighted by molar-refractivity contribution is 7.39. The van der Waals surface area contributed by atoms with E-state index in [9.17, 15) is 0 Å². The van der Waals surface area contributed by atoms with Crippen LogP contribution in [0.1, 0.15) is 236 Å². The van der Waals surface area contributed by atoms with Gasteiger partial charge in [0.05, 0.1) is 0 Å². The summed E-state index contributed by atoms with van der Waals surface area (Å²) in [5.74, 6) is 0.732. The van der Waals surface area contributed by atoms with Gasteiger partial charge in [0, 0.05) is 185 Å². The van der Waals surface area contributed by atoms with Crippen LogP contribution in [-0.4, -0.2) is 0 Å². The van der Waals surface area contributed by atoms with E-state index < -0.39 is 0 Å². The molecule has 22 rings (SSSR count). The van der Waals surface area contributed by atoms with Gasteiger partial charge in [-0.05, 0) is 356 Å². The molecule has 0 atom stereocenters. The molecule has 0 aliphatic carbocycles. The first-order valence-corrected chi connectivity index (χ1v) is 61.4. The molecule has 0 unspecified atom stereocenters. The summed E-state index contributed by atoms with van der Waals surface area (Å²) in [5.41, 5.74) is 14.8. The van der Waals surface area contributed by atoms with E-state index in [2.05, 4.69) is 302 Å². The molecule has 0 radical (unpaired) electrons. The van der Waals surface area contributed by atoms with Gasteiger partial charge in [-0.3, -0.25) is 0 Å². The number of unbranched alkanes of at least 4 members (excludes halogenated alkanes) is 10. The second kappa shape index (κ2) is 39.1. The van der Waals surface area contributed by atoms with Gasteiger partial charge in [0.1, 0.15) is 0 Å². The van der Waals surface area contributed by atoms with E-state index in [4.69, 9.17) is 0 Å². The lowest BCUT2D eigenvalue weighted by molar-refractivity contribution is 0.716. The molecule has 0 spiro atoms. The average Bonchev–Trinajstić information content (AvgIpc) is 1.57. The van der Waals surface area contributed by atoms with Crippen LogP contribution in [0, 0.1) is 34.6 Å². The van der Waals surface area contributed by atoms with E-state index in [0.29, 0.717) is 11.8 Å². The Morgan fingerprint density at radius 3 is 0.807 bits per heavy atom. The van der Waals surface area contributed by atoms with E-state index in [1.807, 2.05) is 147 Å². The van der Waals surface area contributed by atoms with Crippen LogP contribution in [0.3, 0.4) is 0 Å². The van der Waals surface area contributed by atoms with Gasteiger partial charge in [-0.15, -0.1) is 170 Å². The maximum Gasteiger partial charge on any atom is 0.0455 e. The van der Waals surface area contributed by atoms with E-state index in [1.165, 1.54) is 356 Å². The zero-order valence-electron chi connectivity index (χ0n) is 79.7. The van der Waals surface area contributed by atoms with Crippen LogP contribution in [0.25, 0.3) is 207 Å². The molecule has 0 aliphatic rings. The number of hydrogen-bond donors (Lipinski definition) is 0. The summed E-state index contributed by atoms with van der Waals surface area (Å²) in [5, 5.41) is 20.0. The SMILES string of the molecule is CCCCCc1cc2c3cc(sc3c1C)c1ccc(s1)c1ccc(s1)c1ccc(s1)c1ccc(s1)c1cc3c(C(C)C)cc(CCCCC)c(c3s1)c1c(CCCCC)cc(c3cc(CCCCC)c(C)c4sc(cc43)c3ccc(s3)c3ccc(s3)c3ccc(s3)c3ccc(s3)c3cc4c(C(C)C)cc(C)c(c4s3)c3c(CCCCC)cc2c2cc(C)sc23)c2cc(-c3ccc(C)s3)sc21. The highest BCUT2D eigenvalue weighted by atomic mass is 32.2. The number of rotatable bonds is 23. The van der Waals surface area contributed by atoms with Crippen molar-refractivity contribution < 1.29 is 0 Å². The molecule has 6 aromatic carbocycles. The molecule has 15 heteroatoms. The minimum absolute atomic E-state index is 0.360. The Balaban J connectivity index is 0.799. The normalized spacial score (nSPS) is 12.4. The monoisotopic (exact) mass is 2030 g/mol. The Bertz CT molecular complexity index is 8920. The molecule has 0 N–H and O–H groups in total. The minimum atomic E-state index is 0.360. The van der Waals surface area contributed by atoms with Crippen LogP contribution in [0.5, 0.6) is 0 Å². The molecular formula is C120H114S15. The first kappa shape index (κ1) is 92.4. The smallest absolute Gasteiger partial charge is 0.0455 e. The molecule has 16 heterocycles. The largest absolute Gasteiger partial charge is 0.140 e. The molecule has 0 aliphatic heterocycles. The molecule has 0 fully saturated rings. The summed E-state index contributed by atoms with van der Waals surface area (Å²) in [6.45, 7) is 33.5. The Kier molecular flexibility index (Phi) is 26.8. The third-order valence-electron chi connectivity index (χ3n) is 28.0. The molecule has 0 nitrogen and oxygen atoms in total. The predicted molar refractivity (Wildman–Crippen MR) is 635 cm³/mol. The van der Waals surface area contributed by atoms with Crippen molar-refractivity contribution in [3.8, 4) is 9.75 Å². The van der Waals surface area contributed by atoms with Crippen molar-refractivity contribution in [2.24, 2.45) is 0 Å². The zero-order chi connectivity index (χ0) is 92.3. The molecule has 0 amide bonds. The summed E-state index contributed by atoms with van der Waals surface area (Å²) < 4.78 is 35.6. The molecular weight excluding hydrogens is 1920 g/mol. The Labute approximate surface area is 852 Å². The number of hydrogen-bond acceptors (Lipinski definition) is 15. The second-order valence-corrected chi connectivity index (χ2v) is 54.6. The summed E-state index contributed by atoms with van der Waals surface area (Å²) in [4.78, 5) is 5.48. The van der Waals surface area contributed by atoms with Crippen LogP contribution in [-0.2, 0) is 32.1 Å². The van der Waals surface area contributed by atoms with E-state index >= 15 is 0 Å². The van der Waals surface area contributed by atoms with Gasteiger partial charge in [-0.25, -0.2) is 0 Å². The van der Waals surface area contributed by atoms with Crippen LogP contribution in [0.2, 0.25) is 0 Å². The summed E-state index contributed by atoms with van der Waals surface area (Å²) in [6.07, 6.45) is 23.3. The third-order valence-corrected chi connectivity index (χ3v) is 46.9. The summed E-state index contributed by atoms with van der Waals surface area (Å²) in [6, 6.07) is 75.0. The fraction of sp³-hybridized carbons (Fsp3) is 0.300. The maximum atomic E-state index is 2.76. The fourth-order valence-corrected chi connectivity index (χ4v) is 38.1. The number of benzene rings is 6. The van der Waals surface area contributed by atoms with Gasteiger partial charge in [0.2, 0.25) is 0 Å². The number of thiophene rings is 15. The lowest BCUT2D eigenvalue weighted by Crippen LogP contribution is -1.97. The van der Waals surface area contributed by atoms with Crippen LogP contribution >= 0.6 is 170 Å². The van der Waals surface area contributed by atoms with E-state index in [1.54, 1.807) is 0 Å². The van der Waals surface area contributed by atoms with Crippen LogP contribution in [0.15, 0.2) is 182 Å². The number of fused-ring (bicyclic) bond motifs is 46. The van der Waals surface area contributed by atoms with Crippen molar-refractivity contribution in [1.82, 2.24) is 0 Å². The molecule has 16 aromatic heterocycles. The van der Waals surface area contributed by atoms with Gasteiger partial charge in [-0.2, -0.15) is 0 Å². The first-order chi connectivity index (χ1) is 65.8. The highest BCUT2D eigenvalue weighted by Crippen LogP contribution is 2.54. The second-order valence-electron chi connectivity index (χ2n) is 38.2. The van der Waals surface area contributed by atoms with Crippen molar-refractivity contribution in [3.63, 3.8) is 0 Å². The highest BCUT2D eigenvalue weighted by Gasteiger charge is 2.26. The molecule has 28 bridgehead atoms. The van der Waals surface area contributed by atoms with Gasteiger partial charge in [0.15, 0.2) is 0 Å². The van der Waals surface area contributed by atoms with Crippen molar-refractivity contribution >= 4 is 368 Å². The topological polar surface area (TPSA) is 0 Å². The van der Waals surface area contributed by atoms with Gasteiger partial charge in [-0.1, -0.05) is 151 Å². The summed E-state index contributed by atoms with van der Waals surface area (Å²) >= 11 is 29.9. The molecule has 0 saturated heterocycles. The molecule has 684 valence electrons. The van der Waals surface area contributed by atoms with Crippen molar-refractivity contribution in [3.05, 3.63) is 247 Å². The molecule has 22 aromatic rings. The summed E-state index contributed by atoms with van der Waals surface area (Å²) in [7, 11) is 0. The zero-order valence-corrected chi connectivity index (χ0v) is 92.0. The van der Waals surface area contributed by atoms with Crippen LogP contribution < -0.4 is 0 Å². The lowest BCUT2D eigenvalue weighted by Gasteiger charge is -2.17. The maximum absolute atomic E-state index is 2.76. The van der Waals surface area contributed by atoms with Gasteiger partial charge < -0.3 is 0 Å².